The number of thiophene rings is 1. The number of carbonyl (C=O) groups excluding carboxylic acids is 1. The summed E-state index contributed by atoms with van der Waals surface area (Å²) in [6.45, 7) is 0. The number of para-hydroxylation sites is 1. The maximum absolute atomic E-state index is 12.9. The SMILES string of the molecule is COc1ccc(-c2nc3ccccc3s2)cc1NC(=S)NC(=O)c1sc2cc(Cl)ccc2c1Cl. The van der Waals surface area contributed by atoms with Crippen LogP contribution in [0.15, 0.2) is 60.7 Å². The lowest BCUT2D eigenvalue weighted by Gasteiger charge is -2.13. The van der Waals surface area contributed by atoms with Crippen LogP contribution in [-0.2, 0) is 0 Å². The molecule has 0 saturated carbocycles. The lowest BCUT2D eigenvalue weighted by Crippen LogP contribution is -2.33. The third-order valence-electron chi connectivity index (χ3n) is 5.01. The number of nitrogens with zero attached hydrogens (tertiary/aromatic N) is 1. The van der Waals surface area contributed by atoms with Gasteiger partial charge in [0, 0.05) is 20.7 Å². The van der Waals surface area contributed by atoms with E-state index in [1.54, 1.807) is 36.6 Å². The topological polar surface area (TPSA) is 63.2 Å². The number of thiocarbonyl (C=S) groups is 1. The van der Waals surface area contributed by atoms with Crippen LogP contribution in [-0.4, -0.2) is 23.1 Å². The minimum atomic E-state index is -0.402. The van der Waals surface area contributed by atoms with E-state index in [-0.39, 0.29) is 5.11 Å². The van der Waals surface area contributed by atoms with Crippen LogP contribution in [0, 0.1) is 0 Å². The van der Waals surface area contributed by atoms with E-state index in [4.69, 9.17) is 45.1 Å². The molecule has 10 heteroatoms. The molecule has 2 aromatic heterocycles. The van der Waals surface area contributed by atoms with Gasteiger partial charge in [-0.2, -0.15) is 0 Å². The van der Waals surface area contributed by atoms with E-state index in [9.17, 15) is 4.79 Å². The standard InChI is InChI=1S/C24H15Cl2N3O2S3/c1-31-17-9-6-12(23-27-15-4-2-3-5-18(15)34-23)10-16(17)28-24(32)29-22(30)21-20(26)14-8-7-13(25)11-19(14)33-21/h2-11H,1H3,(H2,28,29,30,32). The molecule has 34 heavy (non-hydrogen) atoms. The number of methoxy groups -OCH3 is 1. The molecule has 0 aliphatic rings. The number of hydrogen-bond acceptors (Lipinski definition) is 6. The van der Waals surface area contributed by atoms with E-state index >= 15 is 0 Å². The maximum atomic E-state index is 12.9. The number of aromatic nitrogens is 1. The maximum Gasteiger partial charge on any atom is 0.269 e. The van der Waals surface area contributed by atoms with E-state index in [2.05, 4.69) is 10.6 Å². The predicted molar refractivity (Wildman–Crippen MR) is 147 cm³/mol. The summed E-state index contributed by atoms with van der Waals surface area (Å²) < 4.78 is 7.40. The summed E-state index contributed by atoms with van der Waals surface area (Å²) in [7, 11) is 1.57. The molecule has 0 atom stereocenters. The number of fused-ring (bicyclic) bond motifs is 2. The largest absolute Gasteiger partial charge is 0.495 e. The zero-order chi connectivity index (χ0) is 23.8. The van der Waals surface area contributed by atoms with Gasteiger partial charge in [0.1, 0.15) is 15.6 Å². The Bertz CT molecular complexity index is 1550. The molecule has 0 aliphatic carbocycles. The summed E-state index contributed by atoms with van der Waals surface area (Å²) in [6.07, 6.45) is 0. The second kappa shape index (κ2) is 9.48. The van der Waals surface area contributed by atoms with Crippen molar-refractivity contribution in [1.29, 1.82) is 0 Å². The molecule has 0 bridgehead atoms. The van der Waals surface area contributed by atoms with Crippen LogP contribution in [0.4, 0.5) is 5.69 Å². The fourth-order valence-corrected chi connectivity index (χ4v) is 6.29. The normalized spacial score (nSPS) is 11.0. The quantitative estimate of drug-likeness (QED) is 0.228. The molecule has 5 nitrogen and oxygen atoms in total. The Kier molecular flexibility index (Phi) is 6.42. The zero-order valence-electron chi connectivity index (χ0n) is 17.5. The van der Waals surface area contributed by atoms with Gasteiger partial charge >= 0.3 is 0 Å². The number of rotatable bonds is 4. The Morgan fingerprint density at radius 1 is 1.03 bits per heavy atom. The van der Waals surface area contributed by atoms with Crippen molar-refractivity contribution in [2.45, 2.75) is 0 Å². The van der Waals surface area contributed by atoms with Crippen molar-refractivity contribution in [3.8, 4) is 16.3 Å². The second-order valence-corrected chi connectivity index (χ2v) is 10.5. The van der Waals surface area contributed by atoms with Crippen molar-refractivity contribution in [1.82, 2.24) is 10.3 Å². The van der Waals surface area contributed by atoms with E-state index in [1.165, 1.54) is 11.3 Å². The molecule has 5 aromatic rings. The average molecular weight is 545 g/mol. The van der Waals surface area contributed by atoms with Gasteiger partial charge < -0.3 is 10.1 Å². The van der Waals surface area contributed by atoms with Crippen LogP contribution in [0.2, 0.25) is 10.0 Å². The molecular formula is C24H15Cl2N3O2S3. The van der Waals surface area contributed by atoms with Crippen LogP contribution < -0.4 is 15.4 Å². The van der Waals surface area contributed by atoms with Crippen molar-refractivity contribution < 1.29 is 9.53 Å². The minimum Gasteiger partial charge on any atom is -0.495 e. The monoisotopic (exact) mass is 543 g/mol. The number of amides is 1. The summed E-state index contributed by atoms with van der Waals surface area (Å²) >= 11 is 20.8. The molecule has 1 amide bonds. The van der Waals surface area contributed by atoms with Gasteiger partial charge in [-0.1, -0.05) is 41.4 Å². The summed E-state index contributed by atoms with van der Waals surface area (Å²) in [4.78, 5) is 17.9. The molecule has 2 heterocycles. The first-order valence-electron chi connectivity index (χ1n) is 9.97. The van der Waals surface area contributed by atoms with E-state index in [1.807, 2.05) is 42.5 Å². The van der Waals surface area contributed by atoms with Gasteiger partial charge in [-0.15, -0.1) is 22.7 Å². The molecule has 0 saturated heterocycles. The van der Waals surface area contributed by atoms with Gasteiger partial charge in [0.2, 0.25) is 0 Å². The average Bonchev–Trinajstić information content (AvgIpc) is 3.40. The molecule has 0 unspecified atom stereocenters. The van der Waals surface area contributed by atoms with Crippen molar-refractivity contribution in [3.63, 3.8) is 0 Å². The third kappa shape index (κ3) is 4.47. The summed E-state index contributed by atoms with van der Waals surface area (Å²) in [5.74, 6) is 0.178. The molecule has 0 fully saturated rings. The molecule has 0 spiro atoms. The predicted octanol–water partition coefficient (Wildman–Crippen LogP) is 7.62. The highest BCUT2D eigenvalue weighted by atomic mass is 35.5. The number of halogens is 2. The lowest BCUT2D eigenvalue weighted by molar-refractivity contribution is 0.0982. The Morgan fingerprint density at radius 3 is 2.65 bits per heavy atom. The number of thiazole rings is 1. The van der Waals surface area contributed by atoms with Gasteiger partial charge in [0.15, 0.2) is 5.11 Å². The van der Waals surface area contributed by atoms with Crippen LogP contribution in [0.3, 0.4) is 0 Å². The van der Waals surface area contributed by atoms with Crippen LogP contribution in [0.1, 0.15) is 9.67 Å². The number of hydrogen-bond donors (Lipinski definition) is 2. The van der Waals surface area contributed by atoms with Gasteiger partial charge in [-0.25, -0.2) is 4.98 Å². The summed E-state index contributed by atoms with van der Waals surface area (Å²) in [6, 6.07) is 18.9. The number of carbonyl (C=O) groups is 1. The van der Waals surface area contributed by atoms with Gasteiger partial charge in [-0.3, -0.25) is 10.1 Å². The van der Waals surface area contributed by atoms with E-state index in [0.29, 0.717) is 26.4 Å². The zero-order valence-corrected chi connectivity index (χ0v) is 21.5. The van der Waals surface area contributed by atoms with Crippen molar-refractivity contribution >= 4 is 95.1 Å². The number of benzene rings is 3. The van der Waals surface area contributed by atoms with E-state index < -0.39 is 5.91 Å². The molecule has 3 aromatic carbocycles. The lowest BCUT2D eigenvalue weighted by atomic mass is 10.2. The van der Waals surface area contributed by atoms with E-state index in [0.717, 1.165) is 30.9 Å². The summed E-state index contributed by atoms with van der Waals surface area (Å²) in [5, 5.41) is 8.47. The Hall–Kier alpha value is -2.75. The molecule has 2 N–H and O–H groups in total. The fraction of sp³-hybridized carbons (Fsp3) is 0.0417. The number of ether oxygens (including phenoxy) is 1. The first kappa shape index (κ1) is 23.0. The van der Waals surface area contributed by atoms with Crippen LogP contribution in [0.5, 0.6) is 5.75 Å². The first-order valence-corrected chi connectivity index (χ1v) is 12.8. The van der Waals surface area contributed by atoms with Gasteiger partial charge in [0.05, 0.1) is 28.0 Å². The molecule has 170 valence electrons. The molecule has 5 rings (SSSR count). The fourth-order valence-electron chi connectivity index (χ4n) is 3.43. The number of nitrogens with one attached hydrogen (secondary N) is 2. The number of anilines is 1. The van der Waals surface area contributed by atoms with Gasteiger partial charge in [0.25, 0.3) is 5.91 Å². The third-order valence-corrected chi connectivity index (χ3v) is 8.19. The second-order valence-electron chi connectivity index (χ2n) is 7.20. The molecular weight excluding hydrogens is 529 g/mol. The van der Waals surface area contributed by atoms with Gasteiger partial charge in [-0.05, 0) is 54.7 Å². The highest BCUT2D eigenvalue weighted by Crippen LogP contribution is 2.37. The van der Waals surface area contributed by atoms with Crippen molar-refractivity contribution in [3.05, 3.63) is 75.6 Å². The Morgan fingerprint density at radius 2 is 1.85 bits per heavy atom. The van der Waals surface area contributed by atoms with Crippen LogP contribution >= 0.6 is 58.1 Å². The minimum absolute atomic E-state index is 0.122. The summed E-state index contributed by atoms with van der Waals surface area (Å²) in [5.41, 5.74) is 2.46. The smallest absolute Gasteiger partial charge is 0.269 e. The first-order chi connectivity index (χ1) is 16.4. The highest BCUT2D eigenvalue weighted by Gasteiger charge is 2.19. The Labute approximate surface area is 218 Å². The highest BCUT2D eigenvalue weighted by molar-refractivity contribution is 7.80. The van der Waals surface area contributed by atoms with Crippen molar-refractivity contribution in [2.24, 2.45) is 0 Å². The Balaban J connectivity index is 1.38. The van der Waals surface area contributed by atoms with Crippen LogP contribution in [0.25, 0.3) is 30.9 Å². The molecule has 0 aliphatic heterocycles. The molecule has 0 radical (unpaired) electrons. The van der Waals surface area contributed by atoms with Crippen molar-refractivity contribution in [2.75, 3.05) is 12.4 Å².